The zero-order valence-electron chi connectivity index (χ0n) is 18.7. The van der Waals surface area contributed by atoms with Crippen LogP contribution in [-0.4, -0.2) is 44.9 Å². The first-order chi connectivity index (χ1) is 15.2. The normalized spacial score (nSPS) is 35.7. The van der Waals surface area contributed by atoms with Gasteiger partial charge in [0.1, 0.15) is 6.10 Å². The van der Waals surface area contributed by atoms with Gasteiger partial charge >= 0.3 is 0 Å². The highest BCUT2D eigenvalue weighted by Crippen LogP contribution is 2.71. The van der Waals surface area contributed by atoms with Crippen molar-refractivity contribution in [2.75, 3.05) is 33.9 Å². The van der Waals surface area contributed by atoms with Crippen LogP contribution in [0.4, 0.5) is 0 Å². The van der Waals surface area contributed by atoms with Crippen LogP contribution in [0.5, 0.6) is 11.5 Å². The van der Waals surface area contributed by atoms with E-state index in [2.05, 4.69) is 53.4 Å². The largest absolute Gasteiger partial charge is 0.493 e. The molecule has 0 amide bonds. The lowest BCUT2D eigenvalue weighted by Crippen LogP contribution is -2.72. The molecule has 3 saturated carbocycles. The molecule has 3 aliphatic carbocycles. The van der Waals surface area contributed by atoms with E-state index in [0.717, 1.165) is 44.2 Å². The summed E-state index contributed by atoms with van der Waals surface area (Å²) in [5.41, 5.74) is 3.08. The summed E-state index contributed by atoms with van der Waals surface area (Å²) < 4.78 is 18.4. The van der Waals surface area contributed by atoms with Crippen molar-refractivity contribution in [3.05, 3.63) is 59.7 Å². The second-order valence-corrected chi connectivity index (χ2v) is 10.1. The van der Waals surface area contributed by atoms with Crippen molar-refractivity contribution in [3.63, 3.8) is 0 Å². The van der Waals surface area contributed by atoms with Crippen molar-refractivity contribution in [1.29, 1.82) is 0 Å². The van der Waals surface area contributed by atoms with Crippen LogP contribution in [0.15, 0.2) is 48.5 Å². The molecular weight excluding hydrogens is 386 g/mol. The predicted molar refractivity (Wildman–Crippen MR) is 121 cm³/mol. The summed E-state index contributed by atoms with van der Waals surface area (Å²) in [5.74, 6) is 3.10. The fourth-order valence-electron chi connectivity index (χ4n) is 7.89. The minimum Gasteiger partial charge on any atom is -0.493 e. The van der Waals surface area contributed by atoms with Crippen LogP contribution in [0, 0.1) is 17.3 Å². The smallest absolute Gasteiger partial charge is 0.165 e. The molecule has 2 aromatic carbocycles. The van der Waals surface area contributed by atoms with E-state index in [1.54, 1.807) is 7.11 Å². The van der Waals surface area contributed by atoms with Crippen molar-refractivity contribution < 1.29 is 14.2 Å². The number of hydrogen-bond acceptors (Lipinski definition) is 4. The van der Waals surface area contributed by atoms with Crippen molar-refractivity contribution in [2.24, 2.45) is 17.3 Å². The molecule has 7 rings (SSSR count). The van der Waals surface area contributed by atoms with Crippen molar-refractivity contribution >= 4 is 0 Å². The van der Waals surface area contributed by atoms with Gasteiger partial charge in [0.25, 0.3) is 0 Å². The van der Waals surface area contributed by atoms with Gasteiger partial charge in [-0.25, -0.2) is 0 Å². The first-order valence-electron chi connectivity index (χ1n) is 11.8. The van der Waals surface area contributed by atoms with Gasteiger partial charge in [0.15, 0.2) is 11.5 Å². The highest BCUT2D eigenvalue weighted by molar-refractivity contribution is 5.57. The van der Waals surface area contributed by atoms with Gasteiger partial charge in [-0.1, -0.05) is 42.5 Å². The van der Waals surface area contributed by atoms with Crippen LogP contribution >= 0.6 is 0 Å². The fraction of sp³-hybridized carbons (Fsp3) is 0.556. The Kier molecular flexibility index (Phi) is 4.59. The molecule has 0 radical (unpaired) electrons. The summed E-state index contributed by atoms with van der Waals surface area (Å²) >= 11 is 0. The van der Waals surface area contributed by atoms with E-state index in [1.165, 1.54) is 30.4 Å². The molecule has 2 aliphatic heterocycles. The van der Waals surface area contributed by atoms with Gasteiger partial charge in [-0.3, -0.25) is 4.90 Å². The summed E-state index contributed by atoms with van der Waals surface area (Å²) in [6, 6.07) is 17.5. The molecule has 2 aromatic rings. The SMILES string of the molecule is COCC1CC2CCC13CN(Cc1ccccc1)CCC31c3cccc(OC)c3OC21. The molecule has 164 valence electrons. The second-order valence-electron chi connectivity index (χ2n) is 10.1. The molecule has 2 bridgehead atoms. The zero-order chi connectivity index (χ0) is 21.1. The van der Waals surface area contributed by atoms with E-state index in [9.17, 15) is 0 Å². The minimum atomic E-state index is 0.0778. The Balaban J connectivity index is 1.45. The maximum atomic E-state index is 6.82. The molecule has 5 atom stereocenters. The Hall–Kier alpha value is -2.04. The minimum absolute atomic E-state index is 0.0778. The van der Waals surface area contributed by atoms with Gasteiger partial charge in [-0.15, -0.1) is 0 Å². The van der Waals surface area contributed by atoms with E-state index >= 15 is 0 Å². The van der Waals surface area contributed by atoms with Crippen LogP contribution < -0.4 is 9.47 Å². The molecule has 2 spiro atoms. The monoisotopic (exact) mass is 419 g/mol. The number of fused-ring (bicyclic) bond motifs is 3. The lowest BCUT2D eigenvalue weighted by atomic mass is 9.39. The molecule has 5 unspecified atom stereocenters. The number of hydrogen-bond donors (Lipinski definition) is 0. The van der Waals surface area contributed by atoms with Crippen LogP contribution in [-0.2, 0) is 16.7 Å². The maximum Gasteiger partial charge on any atom is 0.165 e. The predicted octanol–water partition coefficient (Wildman–Crippen LogP) is 4.66. The molecule has 0 N–H and O–H groups in total. The van der Waals surface area contributed by atoms with E-state index in [-0.39, 0.29) is 16.9 Å². The van der Waals surface area contributed by atoms with Gasteiger partial charge in [0, 0.05) is 43.2 Å². The van der Waals surface area contributed by atoms with Crippen molar-refractivity contribution in [3.8, 4) is 11.5 Å². The van der Waals surface area contributed by atoms with Crippen molar-refractivity contribution in [2.45, 2.75) is 43.7 Å². The standard InChI is InChI=1S/C27H33NO3/c1-29-17-21-15-20-11-12-26(21)18-28(16-19-7-4-3-5-8-19)14-13-27(26)22-9-6-10-23(30-2)24(22)31-25(20)27/h3-10,20-21,25H,11-18H2,1-2H3. The van der Waals surface area contributed by atoms with E-state index < -0.39 is 0 Å². The summed E-state index contributed by atoms with van der Waals surface area (Å²) in [7, 11) is 3.63. The highest BCUT2D eigenvalue weighted by atomic mass is 16.5. The highest BCUT2D eigenvalue weighted by Gasteiger charge is 2.72. The van der Waals surface area contributed by atoms with Crippen LogP contribution in [0.25, 0.3) is 0 Å². The summed E-state index contributed by atoms with van der Waals surface area (Å²) in [4.78, 5) is 2.70. The number of nitrogens with zero attached hydrogens (tertiary/aromatic N) is 1. The number of rotatable bonds is 5. The molecular formula is C27H33NO3. The third kappa shape index (κ3) is 2.61. The van der Waals surface area contributed by atoms with Gasteiger partial charge in [-0.2, -0.15) is 0 Å². The topological polar surface area (TPSA) is 30.9 Å². The van der Waals surface area contributed by atoms with Gasteiger partial charge in [-0.05, 0) is 55.7 Å². The van der Waals surface area contributed by atoms with Gasteiger partial charge in [0.2, 0.25) is 0 Å². The molecule has 5 aliphatic rings. The quantitative estimate of drug-likeness (QED) is 0.705. The number of benzene rings is 2. The molecule has 2 heterocycles. The fourth-order valence-corrected chi connectivity index (χ4v) is 7.89. The summed E-state index contributed by atoms with van der Waals surface area (Å²) in [6.07, 6.45) is 5.19. The maximum absolute atomic E-state index is 6.82. The first-order valence-corrected chi connectivity index (χ1v) is 11.8. The first kappa shape index (κ1) is 19.6. The van der Waals surface area contributed by atoms with E-state index in [4.69, 9.17) is 14.2 Å². The Morgan fingerprint density at radius 2 is 1.94 bits per heavy atom. The molecule has 4 nitrogen and oxygen atoms in total. The molecule has 31 heavy (non-hydrogen) atoms. The van der Waals surface area contributed by atoms with Crippen LogP contribution in [0.2, 0.25) is 0 Å². The van der Waals surface area contributed by atoms with E-state index in [1.807, 2.05) is 7.11 Å². The molecule has 4 fully saturated rings. The Labute approximate surface area is 185 Å². The number of likely N-dealkylation sites (tertiary alicyclic amines) is 1. The van der Waals surface area contributed by atoms with Gasteiger partial charge < -0.3 is 14.2 Å². The average Bonchev–Trinajstić information content (AvgIpc) is 3.16. The third-order valence-electron chi connectivity index (χ3n) is 9.00. The number of methoxy groups -OCH3 is 2. The van der Waals surface area contributed by atoms with E-state index in [0.29, 0.717) is 11.8 Å². The lowest BCUT2D eigenvalue weighted by molar-refractivity contribution is -0.189. The average molecular weight is 420 g/mol. The number of ether oxygens (including phenoxy) is 3. The van der Waals surface area contributed by atoms with Gasteiger partial charge in [0.05, 0.1) is 7.11 Å². The Morgan fingerprint density at radius 3 is 2.74 bits per heavy atom. The molecule has 4 heteroatoms. The summed E-state index contributed by atoms with van der Waals surface area (Å²) in [6.45, 7) is 4.11. The number of piperidine rings is 1. The van der Waals surface area contributed by atoms with Crippen molar-refractivity contribution in [1.82, 2.24) is 4.90 Å². The zero-order valence-corrected chi connectivity index (χ0v) is 18.7. The molecule has 0 aromatic heterocycles. The Morgan fingerprint density at radius 1 is 1.06 bits per heavy atom. The lowest BCUT2D eigenvalue weighted by Gasteiger charge is -2.67. The summed E-state index contributed by atoms with van der Waals surface area (Å²) in [5, 5.41) is 0. The van der Waals surface area contributed by atoms with Crippen LogP contribution in [0.3, 0.4) is 0 Å². The van der Waals surface area contributed by atoms with Crippen LogP contribution in [0.1, 0.15) is 36.8 Å². The second kappa shape index (κ2) is 7.25. The number of para-hydroxylation sites is 1. The third-order valence-corrected chi connectivity index (χ3v) is 9.00. The Bertz CT molecular complexity index is 962. The molecule has 1 saturated heterocycles.